The van der Waals surface area contributed by atoms with Crippen LogP contribution in [-0.2, 0) is 0 Å². The average molecular weight is 451 g/mol. The lowest BCUT2D eigenvalue weighted by Crippen LogP contribution is -2.10. The fourth-order valence-electron chi connectivity index (χ4n) is 3.21. The molecule has 4 rings (SSSR count). The summed E-state index contributed by atoms with van der Waals surface area (Å²) in [6.45, 7) is 2.40. The minimum atomic E-state index is -0.602. The summed E-state index contributed by atoms with van der Waals surface area (Å²) in [5, 5.41) is 0.293. The highest BCUT2D eigenvalue weighted by Crippen LogP contribution is 2.36. The predicted molar refractivity (Wildman–Crippen MR) is 120 cm³/mol. The molecular formula is C25H19ClO6. The molecule has 0 radical (unpaired) electrons. The number of methoxy groups -OCH3 is 1. The second kappa shape index (κ2) is 9.16. The molecule has 0 saturated carbocycles. The van der Waals surface area contributed by atoms with E-state index in [2.05, 4.69) is 0 Å². The van der Waals surface area contributed by atoms with Crippen molar-refractivity contribution < 1.29 is 28.5 Å². The Morgan fingerprint density at radius 1 is 1.06 bits per heavy atom. The highest BCUT2D eigenvalue weighted by Gasteiger charge is 2.28. The number of esters is 1. The van der Waals surface area contributed by atoms with Gasteiger partial charge in [-0.05, 0) is 55.0 Å². The first-order valence-electron chi connectivity index (χ1n) is 9.86. The van der Waals surface area contributed by atoms with E-state index in [1.54, 1.807) is 66.7 Å². The summed E-state index contributed by atoms with van der Waals surface area (Å²) >= 11 is 6.07. The largest absolute Gasteiger partial charge is 0.494 e. The number of hydrogen-bond donors (Lipinski definition) is 0. The monoisotopic (exact) mass is 450 g/mol. The number of rotatable bonds is 6. The highest BCUT2D eigenvalue weighted by atomic mass is 35.5. The number of benzene rings is 3. The van der Waals surface area contributed by atoms with Crippen molar-refractivity contribution >= 4 is 29.4 Å². The maximum absolute atomic E-state index is 12.7. The Kier molecular flexibility index (Phi) is 6.14. The van der Waals surface area contributed by atoms with Gasteiger partial charge in [0.25, 0.3) is 0 Å². The van der Waals surface area contributed by atoms with Gasteiger partial charge in [0.05, 0.1) is 29.9 Å². The summed E-state index contributed by atoms with van der Waals surface area (Å²) in [4.78, 5) is 25.1. The molecule has 7 heteroatoms. The van der Waals surface area contributed by atoms with E-state index in [-0.39, 0.29) is 22.9 Å². The summed E-state index contributed by atoms with van der Waals surface area (Å²) in [6, 6.07) is 16.6. The Labute approximate surface area is 189 Å². The molecule has 0 bridgehead atoms. The molecule has 0 spiro atoms. The normalized spacial score (nSPS) is 13.5. The number of fused-ring (bicyclic) bond motifs is 1. The van der Waals surface area contributed by atoms with E-state index in [0.717, 1.165) is 0 Å². The van der Waals surface area contributed by atoms with Gasteiger partial charge in [0.1, 0.15) is 11.5 Å². The predicted octanol–water partition coefficient (Wildman–Crippen LogP) is 5.58. The SMILES string of the molecule is CCOc1ccc2c(c1)O/C(=C\c1ccc(OC(=O)c3ccccc3Cl)c(OC)c1)C2=O. The molecule has 0 amide bonds. The van der Waals surface area contributed by atoms with Crippen LogP contribution in [0.3, 0.4) is 0 Å². The van der Waals surface area contributed by atoms with Crippen molar-refractivity contribution in [3.63, 3.8) is 0 Å². The molecule has 0 aliphatic carbocycles. The summed E-state index contributed by atoms with van der Waals surface area (Å²) in [5.41, 5.74) is 1.36. The first-order chi connectivity index (χ1) is 15.5. The zero-order valence-electron chi connectivity index (χ0n) is 17.4. The van der Waals surface area contributed by atoms with Crippen molar-refractivity contribution in [3.8, 4) is 23.0 Å². The number of ether oxygens (including phenoxy) is 4. The van der Waals surface area contributed by atoms with Crippen LogP contribution in [-0.4, -0.2) is 25.5 Å². The van der Waals surface area contributed by atoms with Gasteiger partial charge in [0.15, 0.2) is 17.3 Å². The van der Waals surface area contributed by atoms with Gasteiger partial charge in [0.2, 0.25) is 5.78 Å². The first-order valence-corrected chi connectivity index (χ1v) is 10.2. The van der Waals surface area contributed by atoms with Crippen LogP contribution in [0.15, 0.2) is 66.4 Å². The number of ketones is 1. The van der Waals surface area contributed by atoms with Gasteiger partial charge < -0.3 is 18.9 Å². The number of carbonyl (C=O) groups is 2. The minimum absolute atomic E-state index is 0.177. The van der Waals surface area contributed by atoms with Crippen molar-refractivity contribution in [2.45, 2.75) is 6.92 Å². The van der Waals surface area contributed by atoms with Gasteiger partial charge in [-0.25, -0.2) is 4.79 Å². The molecule has 0 aromatic heterocycles. The Morgan fingerprint density at radius 2 is 1.88 bits per heavy atom. The molecule has 1 heterocycles. The van der Waals surface area contributed by atoms with Gasteiger partial charge in [0, 0.05) is 6.07 Å². The molecule has 3 aromatic rings. The van der Waals surface area contributed by atoms with Crippen molar-refractivity contribution in [2.75, 3.05) is 13.7 Å². The van der Waals surface area contributed by atoms with E-state index in [9.17, 15) is 9.59 Å². The third-order valence-corrected chi connectivity index (χ3v) is 5.06. The number of allylic oxidation sites excluding steroid dienone is 1. The molecular weight excluding hydrogens is 432 g/mol. The van der Waals surface area contributed by atoms with Gasteiger partial charge in [-0.2, -0.15) is 0 Å². The maximum Gasteiger partial charge on any atom is 0.345 e. The lowest BCUT2D eigenvalue weighted by molar-refractivity contribution is 0.0729. The molecule has 6 nitrogen and oxygen atoms in total. The lowest BCUT2D eigenvalue weighted by Gasteiger charge is -2.11. The molecule has 0 N–H and O–H groups in total. The first kappa shape index (κ1) is 21.5. The Bertz CT molecular complexity index is 1230. The van der Waals surface area contributed by atoms with Crippen LogP contribution < -0.4 is 18.9 Å². The molecule has 0 saturated heterocycles. The van der Waals surface area contributed by atoms with Crippen LogP contribution in [0.4, 0.5) is 0 Å². The second-order valence-electron chi connectivity index (χ2n) is 6.81. The smallest absolute Gasteiger partial charge is 0.345 e. The molecule has 32 heavy (non-hydrogen) atoms. The van der Waals surface area contributed by atoms with Gasteiger partial charge in [-0.1, -0.05) is 29.8 Å². The fourth-order valence-corrected chi connectivity index (χ4v) is 3.43. The van der Waals surface area contributed by atoms with E-state index < -0.39 is 5.97 Å². The quantitative estimate of drug-likeness (QED) is 0.277. The molecule has 162 valence electrons. The minimum Gasteiger partial charge on any atom is -0.494 e. The van der Waals surface area contributed by atoms with E-state index in [0.29, 0.717) is 40.0 Å². The molecule has 0 fully saturated rings. The van der Waals surface area contributed by atoms with E-state index in [1.807, 2.05) is 6.92 Å². The molecule has 1 aliphatic heterocycles. The van der Waals surface area contributed by atoms with Crippen LogP contribution >= 0.6 is 11.6 Å². The number of hydrogen-bond acceptors (Lipinski definition) is 6. The van der Waals surface area contributed by atoms with Crippen molar-refractivity contribution in [3.05, 3.63) is 88.1 Å². The fraction of sp³-hybridized carbons (Fsp3) is 0.120. The van der Waals surface area contributed by atoms with Crippen molar-refractivity contribution in [1.29, 1.82) is 0 Å². The summed E-state index contributed by atoms with van der Waals surface area (Å²) < 4.78 is 22.0. The zero-order chi connectivity index (χ0) is 22.7. The Hall–Kier alpha value is -3.77. The van der Waals surface area contributed by atoms with Crippen LogP contribution in [0.2, 0.25) is 5.02 Å². The average Bonchev–Trinajstić information content (AvgIpc) is 3.09. The van der Waals surface area contributed by atoms with Crippen LogP contribution in [0.5, 0.6) is 23.0 Å². The standard InChI is InChI=1S/C25H19ClO6/c1-3-30-16-9-10-18-21(14-16)31-23(24(18)27)13-15-8-11-20(22(12-15)29-2)32-25(28)17-6-4-5-7-19(17)26/h4-14H,3H2,1-2H3/b23-13-. The Morgan fingerprint density at radius 3 is 2.62 bits per heavy atom. The number of carbonyl (C=O) groups excluding carboxylic acids is 2. The van der Waals surface area contributed by atoms with E-state index in [4.69, 9.17) is 30.5 Å². The van der Waals surface area contributed by atoms with Gasteiger partial charge in [-0.15, -0.1) is 0 Å². The van der Waals surface area contributed by atoms with Gasteiger partial charge >= 0.3 is 5.97 Å². The molecule has 1 aliphatic rings. The van der Waals surface area contributed by atoms with Crippen LogP contribution in [0.25, 0.3) is 6.08 Å². The molecule has 3 aromatic carbocycles. The van der Waals surface area contributed by atoms with Crippen LogP contribution in [0.1, 0.15) is 33.2 Å². The maximum atomic E-state index is 12.7. The third-order valence-electron chi connectivity index (χ3n) is 4.73. The summed E-state index contributed by atoms with van der Waals surface area (Å²) in [5.74, 6) is 0.975. The lowest BCUT2D eigenvalue weighted by atomic mass is 10.1. The van der Waals surface area contributed by atoms with Gasteiger partial charge in [-0.3, -0.25) is 4.79 Å². The topological polar surface area (TPSA) is 71.1 Å². The van der Waals surface area contributed by atoms with Crippen LogP contribution in [0, 0.1) is 0 Å². The zero-order valence-corrected chi connectivity index (χ0v) is 18.1. The molecule has 0 unspecified atom stereocenters. The van der Waals surface area contributed by atoms with E-state index >= 15 is 0 Å². The number of halogens is 1. The molecule has 0 atom stereocenters. The van der Waals surface area contributed by atoms with Crippen molar-refractivity contribution in [1.82, 2.24) is 0 Å². The van der Waals surface area contributed by atoms with Crippen molar-refractivity contribution in [2.24, 2.45) is 0 Å². The highest BCUT2D eigenvalue weighted by molar-refractivity contribution is 6.33. The van der Waals surface area contributed by atoms with E-state index in [1.165, 1.54) is 7.11 Å². The summed E-state index contributed by atoms with van der Waals surface area (Å²) in [6.07, 6.45) is 1.60. The second-order valence-corrected chi connectivity index (χ2v) is 7.22. The number of Topliss-reactive ketones (excluding diaryl/α,β-unsaturated/α-hetero) is 1. The third kappa shape index (κ3) is 4.31. The summed E-state index contributed by atoms with van der Waals surface area (Å²) in [7, 11) is 1.46. The Balaban J connectivity index is 1.56.